The van der Waals surface area contributed by atoms with Crippen molar-refractivity contribution in [3.63, 3.8) is 0 Å². The Morgan fingerprint density at radius 3 is 2.00 bits per heavy atom. The summed E-state index contributed by atoms with van der Waals surface area (Å²) < 4.78 is 0. The molecule has 2 nitrogen and oxygen atoms in total. The first-order chi connectivity index (χ1) is 12.2. The van der Waals surface area contributed by atoms with E-state index in [4.69, 9.17) is 4.99 Å². The highest BCUT2D eigenvalue weighted by Crippen LogP contribution is 2.34. The minimum atomic E-state index is -0.221. The molecule has 1 heterocycles. The topological polar surface area (TPSA) is 15.6 Å². The lowest BCUT2D eigenvalue weighted by atomic mass is 9.93. The van der Waals surface area contributed by atoms with E-state index in [1.54, 1.807) is 0 Å². The molecule has 0 spiro atoms. The van der Waals surface area contributed by atoms with E-state index in [9.17, 15) is 0 Å². The van der Waals surface area contributed by atoms with Crippen molar-refractivity contribution in [1.82, 2.24) is 4.90 Å². The van der Waals surface area contributed by atoms with Crippen molar-refractivity contribution in [2.75, 3.05) is 6.54 Å². The lowest BCUT2D eigenvalue weighted by Crippen LogP contribution is -2.32. The molecule has 0 aliphatic carbocycles. The van der Waals surface area contributed by atoms with Crippen LogP contribution in [0.2, 0.25) is 0 Å². The highest BCUT2D eigenvalue weighted by Gasteiger charge is 2.37. The maximum atomic E-state index is 5.18. The van der Waals surface area contributed by atoms with Crippen molar-refractivity contribution in [2.24, 2.45) is 4.99 Å². The molecule has 1 aliphatic rings. The lowest BCUT2D eigenvalue weighted by molar-refractivity contribution is 0.358. The van der Waals surface area contributed by atoms with Crippen LogP contribution in [0.15, 0.2) is 96.0 Å². The molecule has 0 amide bonds. The molecule has 1 atom stereocenters. The van der Waals surface area contributed by atoms with Crippen LogP contribution in [-0.2, 0) is 12.1 Å². The van der Waals surface area contributed by atoms with Gasteiger partial charge in [0.1, 0.15) is 11.4 Å². The number of aliphatic imine (C=N–C) groups is 1. The molecule has 124 valence electrons. The summed E-state index contributed by atoms with van der Waals surface area (Å²) in [5, 5.41) is 0. The van der Waals surface area contributed by atoms with E-state index in [0.29, 0.717) is 0 Å². The van der Waals surface area contributed by atoms with Crippen molar-refractivity contribution in [1.29, 1.82) is 0 Å². The van der Waals surface area contributed by atoms with Crippen LogP contribution in [0.25, 0.3) is 0 Å². The van der Waals surface area contributed by atoms with Gasteiger partial charge in [-0.3, -0.25) is 4.99 Å². The molecular weight excluding hydrogens is 304 g/mol. The molecule has 0 saturated heterocycles. The summed E-state index contributed by atoms with van der Waals surface area (Å²) >= 11 is 0. The van der Waals surface area contributed by atoms with Gasteiger partial charge in [-0.05, 0) is 18.1 Å². The van der Waals surface area contributed by atoms with Gasteiger partial charge in [0.05, 0.1) is 0 Å². The fraction of sp³-hybridized carbons (Fsp3) is 0.174. The summed E-state index contributed by atoms with van der Waals surface area (Å²) in [6, 6.07) is 31.7. The predicted molar refractivity (Wildman–Crippen MR) is 104 cm³/mol. The Labute approximate surface area is 149 Å². The SMILES string of the molecule is CC1(c2ccccc2)CN(Cc2ccccc2)C(c2ccccc2)=N1. The van der Waals surface area contributed by atoms with Crippen LogP contribution in [0.3, 0.4) is 0 Å². The third kappa shape index (κ3) is 3.20. The molecule has 0 radical (unpaired) electrons. The second-order valence-electron chi connectivity index (χ2n) is 6.78. The van der Waals surface area contributed by atoms with Crippen molar-refractivity contribution < 1.29 is 0 Å². The summed E-state index contributed by atoms with van der Waals surface area (Å²) in [5.41, 5.74) is 3.53. The van der Waals surface area contributed by atoms with Gasteiger partial charge in [0, 0.05) is 18.7 Å². The highest BCUT2D eigenvalue weighted by atomic mass is 15.3. The zero-order valence-electron chi connectivity index (χ0n) is 14.5. The van der Waals surface area contributed by atoms with E-state index in [1.165, 1.54) is 16.7 Å². The van der Waals surface area contributed by atoms with Gasteiger partial charge < -0.3 is 4.90 Å². The van der Waals surface area contributed by atoms with E-state index in [2.05, 4.69) is 103 Å². The van der Waals surface area contributed by atoms with Gasteiger partial charge in [-0.1, -0.05) is 91.0 Å². The highest BCUT2D eigenvalue weighted by molar-refractivity contribution is 6.00. The van der Waals surface area contributed by atoms with Crippen molar-refractivity contribution in [2.45, 2.75) is 19.0 Å². The first-order valence-corrected chi connectivity index (χ1v) is 8.74. The van der Waals surface area contributed by atoms with E-state index >= 15 is 0 Å². The van der Waals surface area contributed by atoms with Crippen LogP contribution in [0, 0.1) is 0 Å². The van der Waals surface area contributed by atoms with Crippen LogP contribution in [0.1, 0.15) is 23.6 Å². The molecule has 0 saturated carbocycles. The van der Waals surface area contributed by atoms with E-state index in [1.807, 2.05) is 0 Å². The molecule has 0 aromatic heterocycles. The van der Waals surface area contributed by atoms with Crippen molar-refractivity contribution >= 4 is 5.84 Å². The molecule has 1 unspecified atom stereocenters. The smallest absolute Gasteiger partial charge is 0.132 e. The van der Waals surface area contributed by atoms with E-state index < -0.39 is 0 Å². The minimum Gasteiger partial charge on any atom is -0.349 e. The van der Waals surface area contributed by atoms with Crippen LogP contribution in [0.4, 0.5) is 0 Å². The zero-order chi connectivity index (χ0) is 17.1. The Kier molecular flexibility index (Phi) is 4.10. The quantitative estimate of drug-likeness (QED) is 0.668. The third-order valence-electron chi connectivity index (χ3n) is 4.79. The largest absolute Gasteiger partial charge is 0.349 e. The van der Waals surface area contributed by atoms with Gasteiger partial charge in [-0.2, -0.15) is 0 Å². The fourth-order valence-electron chi connectivity index (χ4n) is 3.51. The summed E-state index contributed by atoms with van der Waals surface area (Å²) in [7, 11) is 0. The first-order valence-electron chi connectivity index (χ1n) is 8.74. The summed E-state index contributed by atoms with van der Waals surface area (Å²) in [6.07, 6.45) is 0. The number of hydrogen-bond donors (Lipinski definition) is 0. The van der Waals surface area contributed by atoms with Crippen LogP contribution in [0.5, 0.6) is 0 Å². The number of rotatable bonds is 4. The molecule has 0 fully saturated rings. The van der Waals surface area contributed by atoms with Gasteiger partial charge in [0.15, 0.2) is 0 Å². The molecule has 25 heavy (non-hydrogen) atoms. The Morgan fingerprint density at radius 2 is 1.36 bits per heavy atom. The standard InChI is InChI=1S/C23H22N2/c1-23(21-15-9-4-10-16-21)18-25(17-19-11-5-2-6-12-19)22(24-23)20-13-7-3-8-14-20/h2-16H,17-18H2,1H3. The maximum Gasteiger partial charge on any atom is 0.132 e. The fourth-order valence-corrected chi connectivity index (χ4v) is 3.51. The molecule has 3 aromatic rings. The molecule has 4 rings (SSSR count). The Balaban J connectivity index is 1.72. The van der Waals surface area contributed by atoms with Crippen LogP contribution in [-0.4, -0.2) is 17.3 Å². The zero-order valence-corrected chi connectivity index (χ0v) is 14.5. The van der Waals surface area contributed by atoms with Gasteiger partial charge in [0.25, 0.3) is 0 Å². The Bertz CT molecular complexity index is 856. The van der Waals surface area contributed by atoms with E-state index in [0.717, 1.165) is 18.9 Å². The van der Waals surface area contributed by atoms with Crippen molar-refractivity contribution in [3.8, 4) is 0 Å². The monoisotopic (exact) mass is 326 g/mol. The molecule has 0 N–H and O–H groups in total. The first kappa shape index (κ1) is 15.6. The summed E-state index contributed by atoms with van der Waals surface area (Å²) in [4.78, 5) is 7.58. The third-order valence-corrected chi connectivity index (χ3v) is 4.79. The van der Waals surface area contributed by atoms with Gasteiger partial charge in [-0.25, -0.2) is 0 Å². The van der Waals surface area contributed by atoms with E-state index in [-0.39, 0.29) is 5.54 Å². The number of nitrogens with zero attached hydrogens (tertiary/aromatic N) is 2. The Hall–Kier alpha value is -2.87. The maximum absolute atomic E-state index is 5.18. The lowest BCUT2D eigenvalue weighted by Gasteiger charge is -2.25. The number of hydrogen-bond acceptors (Lipinski definition) is 2. The Morgan fingerprint density at radius 1 is 0.800 bits per heavy atom. The van der Waals surface area contributed by atoms with Gasteiger partial charge in [-0.15, -0.1) is 0 Å². The summed E-state index contributed by atoms with van der Waals surface area (Å²) in [6.45, 7) is 3.99. The molecule has 3 aromatic carbocycles. The average Bonchev–Trinajstić information content (AvgIpc) is 3.02. The average molecular weight is 326 g/mol. The van der Waals surface area contributed by atoms with Crippen LogP contribution < -0.4 is 0 Å². The van der Waals surface area contributed by atoms with Gasteiger partial charge in [0.2, 0.25) is 0 Å². The molecule has 2 heteroatoms. The number of amidine groups is 1. The summed E-state index contributed by atoms with van der Waals surface area (Å²) in [5.74, 6) is 1.08. The molecule has 0 bridgehead atoms. The second kappa shape index (κ2) is 6.56. The predicted octanol–water partition coefficient (Wildman–Crippen LogP) is 4.86. The normalized spacial score (nSPS) is 19.7. The number of benzene rings is 3. The van der Waals surface area contributed by atoms with Crippen molar-refractivity contribution in [3.05, 3.63) is 108 Å². The molecular formula is C23H22N2. The van der Waals surface area contributed by atoms with Gasteiger partial charge >= 0.3 is 0 Å². The second-order valence-corrected chi connectivity index (χ2v) is 6.78. The molecule has 1 aliphatic heterocycles. The minimum absolute atomic E-state index is 0.221. The van der Waals surface area contributed by atoms with Crippen LogP contribution >= 0.6 is 0 Å².